The third kappa shape index (κ3) is 3.59. The predicted molar refractivity (Wildman–Crippen MR) is 62.2 cm³/mol. The first kappa shape index (κ1) is 12.0. The fraction of sp³-hybridized carbons (Fsp3) is 0.400. The number of hydrogen-bond acceptors (Lipinski definition) is 2. The summed E-state index contributed by atoms with van der Waals surface area (Å²) in [4.78, 5) is 0. The van der Waals surface area contributed by atoms with Crippen LogP contribution in [0.1, 0.15) is 5.56 Å². The molecule has 1 N–H and O–H groups in total. The Morgan fingerprint density at radius 1 is 1.57 bits per heavy atom. The van der Waals surface area contributed by atoms with Crippen molar-refractivity contribution in [3.63, 3.8) is 0 Å². The molecule has 1 atom stereocenters. The standard InChI is InChI=1S/C10H12BrFOS/c1-14-6-9(13)5-7-4-8(12)2-3-10(7)11/h2-4,9,13H,5-6H2,1H3. The summed E-state index contributed by atoms with van der Waals surface area (Å²) in [5.74, 6) is 0.405. The summed E-state index contributed by atoms with van der Waals surface area (Å²) < 4.78 is 13.7. The van der Waals surface area contributed by atoms with Crippen LogP contribution in [0.2, 0.25) is 0 Å². The van der Waals surface area contributed by atoms with Gasteiger partial charge in [0.15, 0.2) is 0 Å². The van der Waals surface area contributed by atoms with E-state index in [1.165, 1.54) is 12.1 Å². The molecule has 0 radical (unpaired) electrons. The highest BCUT2D eigenvalue weighted by atomic mass is 79.9. The van der Waals surface area contributed by atoms with Crippen LogP contribution in [0.5, 0.6) is 0 Å². The first-order valence-corrected chi connectivity index (χ1v) is 6.43. The van der Waals surface area contributed by atoms with Gasteiger partial charge >= 0.3 is 0 Å². The quantitative estimate of drug-likeness (QED) is 0.914. The van der Waals surface area contributed by atoms with Gasteiger partial charge in [0.25, 0.3) is 0 Å². The van der Waals surface area contributed by atoms with Gasteiger partial charge in [-0.2, -0.15) is 11.8 Å². The van der Waals surface area contributed by atoms with Crippen molar-refractivity contribution in [2.24, 2.45) is 0 Å². The molecule has 0 fully saturated rings. The first-order valence-electron chi connectivity index (χ1n) is 4.24. The second-order valence-electron chi connectivity index (χ2n) is 3.05. The predicted octanol–water partition coefficient (Wildman–Crippen LogP) is 2.85. The molecule has 1 aromatic carbocycles. The van der Waals surface area contributed by atoms with Crippen molar-refractivity contribution in [3.8, 4) is 0 Å². The number of aliphatic hydroxyl groups excluding tert-OH is 1. The highest BCUT2D eigenvalue weighted by Gasteiger charge is 2.08. The van der Waals surface area contributed by atoms with E-state index in [0.717, 1.165) is 10.0 Å². The number of aliphatic hydroxyl groups is 1. The van der Waals surface area contributed by atoms with Gasteiger partial charge in [0.05, 0.1) is 6.10 Å². The van der Waals surface area contributed by atoms with E-state index in [1.807, 2.05) is 6.26 Å². The minimum Gasteiger partial charge on any atom is -0.392 e. The Morgan fingerprint density at radius 3 is 2.93 bits per heavy atom. The molecule has 78 valence electrons. The average Bonchev–Trinajstić information content (AvgIpc) is 2.12. The van der Waals surface area contributed by atoms with Crippen LogP contribution < -0.4 is 0 Å². The van der Waals surface area contributed by atoms with Crippen molar-refractivity contribution < 1.29 is 9.50 Å². The largest absolute Gasteiger partial charge is 0.392 e. The molecule has 0 amide bonds. The minimum atomic E-state index is -0.414. The van der Waals surface area contributed by atoms with Crippen molar-refractivity contribution in [1.82, 2.24) is 0 Å². The molecule has 1 aromatic rings. The van der Waals surface area contributed by atoms with Crippen molar-refractivity contribution in [2.75, 3.05) is 12.0 Å². The molecule has 0 saturated carbocycles. The highest BCUT2D eigenvalue weighted by molar-refractivity contribution is 9.10. The summed E-state index contributed by atoms with van der Waals surface area (Å²) in [6, 6.07) is 4.51. The highest BCUT2D eigenvalue weighted by Crippen LogP contribution is 2.20. The third-order valence-corrected chi connectivity index (χ3v) is 3.31. The van der Waals surface area contributed by atoms with Crippen LogP contribution in [0.25, 0.3) is 0 Å². The van der Waals surface area contributed by atoms with Crippen LogP contribution in [0, 0.1) is 5.82 Å². The SMILES string of the molecule is CSCC(O)Cc1cc(F)ccc1Br. The molecule has 1 nitrogen and oxygen atoms in total. The van der Waals surface area contributed by atoms with Gasteiger partial charge in [-0.15, -0.1) is 0 Å². The minimum absolute atomic E-state index is 0.264. The number of benzene rings is 1. The van der Waals surface area contributed by atoms with E-state index < -0.39 is 6.10 Å². The molecule has 0 aliphatic carbocycles. The molecule has 0 bridgehead atoms. The summed E-state index contributed by atoms with van der Waals surface area (Å²) in [6.07, 6.45) is 2.01. The fourth-order valence-electron chi connectivity index (χ4n) is 1.20. The first-order chi connectivity index (χ1) is 6.63. The molecule has 0 aromatic heterocycles. The molecular formula is C10H12BrFOS. The second kappa shape index (κ2) is 5.73. The summed E-state index contributed by atoms with van der Waals surface area (Å²) in [7, 11) is 0. The lowest BCUT2D eigenvalue weighted by molar-refractivity contribution is 0.200. The van der Waals surface area contributed by atoms with Crippen molar-refractivity contribution in [1.29, 1.82) is 0 Å². The zero-order chi connectivity index (χ0) is 10.6. The van der Waals surface area contributed by atoms with Crippen LogP contribution in [-0.2, 0) is 6.42 Å². The van der Waals surface area contributed by atoms with Gasteiger partial charge in [0.1, 0.15) is 5.82 Å². The summed E-state index contributed by atoms with van der Waals surface area (Å²) in [5, 5.41) is 9.55. The second-order valence-corrected chi connectivity index (χ2v) is 4.81. The lowest BCUT2D eigenvalue weighted by Crippen LogP contribution is -2.13. The van der Waals surface area contributed by atoms with Gasteiger partial charge in [-0.05, 0) is 30.0 Å². The average molecular weight is 279 g/mol. The molecule has 0 saturated heterocycles. The van der Waals surface area contributed by atoms with Crippen molar-refractivity contribution in [2.45, 2.75) is 12.5 Å². The topological polar surface area (TPSA) is 20.2 Å². The molecule has 1 unspecified atom stereocenters. The lowest BCUT2D eigenvalue weighted by Gasteiger charge is -2.10. The van der Waals surface area contributed by atoms with Crippen LogP contribution in [0.3, 0.4) is 0 Å². The van der Waals surface area contributed by atoms with Crippen molar-refractivity contribution in [3.05, 3.63) is 34.1 Å². The van der Waals surface area contributed by atoms with Crippen LogP contribution in [-0.4, -0.2) is 23.2 Å². The number of rotatable bonds is 4. The Kier molecular flexibility index (Phi) is 4.92. The molecule has 0 aliphatic heterocycles. The van der Waals surface area contributed by atoms with Crippen LogP contribution >= 0.6 is 27.7 Å². The van der Waals surface area contributed by atoms with E-state index in [9.17, 15) is 9.50 Å². The number of thioether (sulfide) groups is 1. The molecule has 0 spiro atoms. The maximum atomic E-state index is 12.9. The van der Waals surface area contributed by atoms with Gasteiger partial charge in [0.2, 0.25) is 0 Å². The Bertz CT molecular complexity index is 306. The Labute approximate surface area is 95.8 Å². The normalized spacial score (nSPS) is 12.9. The molecule has 4 heteroatoms. The molecule has 14 heavy (non-hydrogen) atoms. The summed E-state index contributed by atoms with van der Waals surface area (Å²) >= 11 is 4.91. The number of hydrogen-bond donors (Lipinski definition) is 1. The molecule has 1 rings (SSSR count). The Hall–Kier alpha value is -0.0600. The smallest absolute Gasteiger partial charge is 0.123 e. The van der Waals surface area contributed by atoms with Gasteiger partial charge in [-0.1, -0.05) is 15.9 Å². The zero-order valence-corrected chi connectivity index (χ0v) is 10.2. The van der Waals surface area contributed by atoms with Crippen LogP contribution in [0.15, 0.2) is 22.7 Å². The van der Waals surface area contributed by atoms with E-state index in [4.69, 9.17) is 0 Å². The number of halogens is 2. The lowest BCUT2D eigenvalue weighted by atomic mass is 10.1. The zero-order valence-electron chi connectivity index (χ0n) is 7.84. The van der Waals surface area contributed by atoms with Crippen molar-refractivity contribution >= 4 is 27.7 Å². The molecule has 0 heterocycles. The monoisotopic (exact) mass is 278 g/mol. The van der Waals surface area contributed by atoms with Gasteiger partial charge in [-0.25, -0.2) is 4.39 Å². The van der Waals surface area contributed by atoms with E-state index >= 15 is 0 Å². The summed E-state index contributed by atoms with van der Waals surface area (Å²) in [6.45, 7) is 0. The van der Waals surface area contributed by atoms with Gasteiger partial charge in [0, 0.05) is 16.6 Å². The maximum absolute atomic E-state index is 12.9. The van der Waals surface area contributed by atoms with Gasteiger partial charge in [-0.3, -0.25) is 0 Å². The molecule has 0 aliphatic rings. The third-order valence-electron chi connectivity index (χ3n) is 1.82. The van der Waals surface area contributed by atoms with E-state index in [0.29, 0.717) is 12.2 Å². The Morgan fingerprint density at radius 2 is 2.29 bits per heavy atom. The van der Waals surface area contributed by atoms with E-state index in [-0.39, 0.29) is 5.82 Å². The fourth-order valence-corrected chi connectivity index (χ4v) is 2.12. The Balaban J connectivity index is 2.70. The summed E-state index contributed by atoms with van der Waals surface area (Å²) in [5.41, 5.74) is 0.812. The van der Waals surface area contributed by atoms with Crippen LogP contribution in [0.4, 0.5) is 4.39 Å². The van der Waals surface area contributed by atoms with E-state index in [2.05, 4.69) is 15.9 Å². The molecular weight excluding hydrogens is 267 g/mol. The van der Waals surface area contributed by atoms with E-state index in [1.54, 1.807) is 17.8 Å². The maximum Gasteiger partial charge on any atom is 0.123 e. The van der Waals surface area contributed by atoms with Gasteiger partial charge < -0.3 is 5.11 Å².